The molecule has 0 heterocycles. The number of carbonyl (C=O) groups excluding carboxylic acids is 2. The van der Waals surface area contributed by atoms with E-state index in [1.54, 1.807) is 0 Å². The Bertz CT molecular complexity index is 1000. The second-order valence-corrected chi connectivity index (χ2v) is 16.4. The number of hydrogen-bond acceptors (Lipinski definition) is 8. The SMILES string of the molecule is CCCCCCCC/C=C/C/C=C/C/C=C/CCCC(=O)O[C@H](COC(=O)CCCCCCCCCCCCCCCCCCC)COP(=O)(O)OCCN. The van der Waals surface area contributed by atoms with E-state index in [-0.39, 0.29) is 32.6 Å². The highest BCUT2D eigenvalue weighted by Gasteiger charge is 2.25. The van der Waals surface area contributed by atoms with E-state index >= 15 is 0 Å². The van der Waals surface area contributed by atoms with Crippen molar-refractivity contribution in [2.45, 2.75) is 213 Å². The minimum atomic E-state index is -4.39. The molecule has 2 atom stereocenters. The Morgan fingerprint density at radius 3 is 1.45 bits per heavy atom. The van der Waals surface area contributed by atoms with Crippen LogP contribution in [0, 0.1) is 0 Å². The molecule has 0 saturated heterocycles. The Morgan fingerprint density at radius 1 is 0.545 bits per heavy atom. The molecule has 0 aromatic carbocycles. The zero-order valence-electron chi connectivity index (χ0n) is 35.4. The van der Waals surface area contributed by atoms with Crippen LogP contribution < -0.4 is 5.73 Å². The molecule has 0 spiro atoms. The predicted molar refractivity (Wildman–Crippen MR) is 229 cm³/mol. The van der Waals surface area contributed by atoms with Gasteiger partial charge in [0.1, 0.15) is 6.61 Å². The number of rotatable bonds is 42. The fourth-order valence-corrected chi connectivity index (χ4v) is 6.95. The fourth-order valence-electron chi connectivity index (χ4n) is 6.18. The van der Waals surface area contributed by atoms with Gasteiger partial charge in [0, 0.05) is 19.4 Å². The second kappa shape index (κ2) is 41.9. The molecule has 322 valence electrons. The third kappa shape index (κ3) is 41.7. The Kier molecular flexibility index (Phi) is 40.5. The largest absolute Gasteiger partial charge is 0.472 e. The molecule has 10 heteroatoms. The normalized spacial score (nSPS) is 13.6. The van der Waals surface area contributed by atoms with Crippen molar-refractivity contribution in [1.29, 1.82) is 0 Å². The van der Waals surface area contributed by atoms with Crippen LogP contribution in [0.25, 0.3) is 0 Å². The number of ether oxygens (including phenoxy) is 2. The van der Waals surface area contributed by atoms with Gasteiger partial charge in [0.15, 0.2) is 6.10 Å². The summed E-state index contributed by atoms with van der Waals surface area (Å²) in [7, 11) is -4.39. The zero-order valence-corrected chi connectivity index (χ0v) is 36.3. The van der Waals surface area contributed by atoms with Crippen LogP contribution in [0.15, 0.2) is 36.5 Å². The Balaban J connectivity index is 4.19. The summed E-state index contributed by atoms with van der Waals surface area (Å²) in [6.45, 7) is 3.69. The number of unbranched alkanes of at least 4 members (excludes halogenated alkanes) is 23. The van der Waals surface area contributed by atoms with E-state index in [9.17, 15) is 19.0 Å². The van der Waals surface area contributed by atoms with Gasteiger partial charge in [-0.15, -0.1) is 0 Å². The van der Waals surface area contributed by atoms with Gasteiger partial charge in [-0.05, 0) is 44.9 Å². The first-order valence-electron chi connectivity index (χ1n) is 22.5. The van der Waals surface area contributed by atoms with E-state index in [0.717, 1.165) is 44.9 Å². The summed E-state index contributed by atoms with van der Waals surface area (Å²) >= 11 is 0. The lowest BCUT2D eigenvalue weighted by atomic mass is 10.0. The number of carbonyl (C=O) groups is 2. The van der Waals surface area contributed by atoms with E-state index < -0.39 is 32.5 Å². The summed E-state index contributed by atoms with van der Waals surface area (Å²) in [5.41, 5.74) is 5.35. The predicted octanol–water partition coefficient (Wildman–Crippen LogP) is 12.9. The van der Waals surface area contributed by atoms with Crippen molar-refractivity contribution >= 4 is 19.8 Å². The Labute approximate surface area is 337 Å². The molecule has 9 nitrogen and oxygen atoms in total. The minimum Gasteiger partial charge on any atom is -0.462 e. The van der Waals surface area contributed by atoms with Crippen LogP contribution in [-0.2, 0) is 32.7 Å². The lowest BCUT2D eigenvalue weighted by Gasteiger charge is -2.19. The Hall–Kier alpha value is -1.77. The quantitative estimate of drug-likeness (QED) is 0.0268. The van der Waals surface area contributed by atoms with Gasteiger partial charge in [0.25, 0.3) is 0 Å². The molecule has 0 bridgehead atoms. The monoisotopic (exact) mass is 798 g/mol. The standard InChI is InChI=1S/C45H84NO8P/c1-3-5-7-9-11-13-15-17-19-21-23-25-27-29-31-33-35-37-44(47)51-41-43(42-53-55(49,50)52-40-39-46)54-45(48)38-36-34-32-30-28-26-24-22-20-18-16-14-12-10-8-6-4-2/h18,20,24,26,30,32,43H,3-17,19,21-23,25,27-29,31,33-42,46H2,1-2H3,(H,49,50)/b20-18+,26-24+,32-30+/t43-/m1/s1. The molecule has 0 fully saturated rings. The molecular formula is C45H84NO8P. The molecule has 1 unspecified atom stereocenters. The van der Waals surface area contributed by atoms with E-state index in [1.165, 1.54) is 128 Å². The van der Waals surface area contributed by atoms with Crippen LogP contribution >= 0.6 is 7.82 Å². The van der Waals surface area contributed by atoms with Crippen LogP contribution in [0.1, 0.15) is 206 Å². The molecule has 0 radical (unpaired) electrons. The smallest absolute Gasteiger partial charge is 0.462 e. The van der Waals surface area contributed by atoms with Gasteiger partial charge < -0.3 is 20.1 Å². The molecule has 0 aromatic rings. The fraction of sp³-hybridized carbons (Fsp3) is 0.822. The van der Waals surface area contributed by atoms with Crippen molar-refractivity contribution < 1.29 is 37.6 Å². The molecule has 0 aliphatic carbocycles. The maximum atomic E-state index is 12.6. The molecule has 3 N–H and O–H groups in total. The number of nitrogens with two attached hydrogens (primary N) is 1. The van der Waals surface area contributed by atoms with E-state index in [2.05, 4.69) is 44.2 Å². The topological polar surface area (TPSA) is 134 Å². The molecule has 0 aliphatic heterocycles. The van der Waals surface area contributed by atoms with E-state index in [1.807, 2.05) is 6.08 Å². The molecular weight excluding hydrogens is 713 g/mol. The van der Waals surface area contributed by atoms with Crippen LogP contribution in [-0.4, -0.2) is 49.3 Å². The van der Waals surface area contributed by atoms with Gasteiger partial charge in [-0.1, -0.05) is 185 Å². The maximum Gasteiger partial charge on any atom is 0.472 e. The van der Waals surface area contributed by atoms with Gasteiger partial charge in [0.05, 0.1) is 13.2 Å². The van der Waals surface area contributed by atoms with Crippen molar-refractivity contribution in [3.8, 4) is 0 Å². The first kappa shape index (κ1) is 53.2. The summed E-state index contributed by atoms with van der Waals surface area (Å²) in [4.78, 5) is 34.9. The molecule has 0 amide bonds. The van der Waals surface area contributed by atoms with Crippen molar-refractivity contribution in [1.82, 2.24) is 0 Å². The van der Waals surface area contributed by atoms with Crippen LogP contribution in [0.3, 0.4) is 0 Å². The Morgan fingerprint density at radius 2 is 0.964 bits per heavy atom. The second-order valence-electron chi connectivity index (χ2n) is 14.9. The summed E-state index contributed by atoms with van der Waals surface area (Å²) < 4.78 is 32.7. The maximum absolute atomic E-state index is 12.6. The highest BCUT2D eigenvalue weighted by Crippen LogP contribution is 2.43. The van der Waals surface area contributed by atoms with Crippen LogP contribution in [0.2, 0.25) is 0 Å². The summed E-state index contributed by atoms with van der Waals surface area (Å²) in [5.74, 6) is -0.883. The van der Waals surface area contributed by atoms with Gasteiger partial charge in [-0.25, -0.2) is 4.57 Å². The molecule has 0 aliphatic rings. The highest BCUT2D eigenvalue weighted by atomic mass is 31.2. The van der Waals surface area contributed by atoms with E-state index in [0.29, 0.717) is 6.42 Å². The molecule has 55 heavy (non-hydrogen) atoms. The van der Waals surface area contributed by atoms with Crippen LogP contribution in [0.4, 0.5) is 0 Å². The molecule has 0 saturated carbocycles. The third-order valence-corrected chi connectivity index (χ3v) is 10.5. The van der Waals surface area contributed by atoms with Gasteiger partial charge in [-0.2, -0.15) is 0 Å². The number of phosphoric ester groups is 1. The number of esters is 2. The lowest BCUT2D eigenvalue weighted by molar-refractivity contribution is -0.161. The molecule has 0 rings (SSSR count). The summed E-state index contributed by atoms with van der Waals surface area (Å²) in [5, 5.41) is 0. The van der Waals surface area contributed by atoms with Gasteiger partial charge in [0.2, 0.25) is 0 Å². The first-order chi connectivity index (χ1) is 26.8. The van der Waals surface area contributed by atoms with E-state index in [4.69, 9.17) is 24.3 Å². The summed E-state index contributed by atoms with van der Waals surface area (Å²) in [6, 6.07) is 0. The third-order valence-electron chi connectivity index (χ3n) is 9.53. The number of phosphoric acid groups is 1. The number of allylic oxidation sites excluding steroid dienone is 6. The van der Waals surface area contributed by atoms with Crippen molar-refractivity contribution in [3.05, 3.63) is 36.5 Å². The minimum absolute atomic E-state index is 0.0464. The summed E-state index contributed by atoms with van der Waals surface area (Å²) in [6.07, 6.45) is 46.1. The highest BCUT2D eigenvalue weighted by molar-refractivity contribution is 7.47. The molecule has 0 aromatic heterocycles. The average molecular weight is 798 g/mol. The van der Waals surface area contributed by atoms with Gasteiger partial charge >= 0.3 is 19.8 Å². The van der Waals surface area contributed by atoms with Crippen LogP contribution in [0.5, 0.6) is 0 Å². The van der Waals surface area contributed by atoms with Crippen molar-refractivity contribution in [2.75, 3.05) is 26.4 Å². The lowest BCUT2D eigenvalue weighted by Crippen LogP contribution is -2.29. The van der Waals surface area contributed by atoms with Crippen molar-refractivity contribution in [2.24, 2.45) is 5.73 Å². The first-order valence-corrected chi connectivity index (χ1v) is 24.0. The average Bonchev–Trinajstić information content (AvgIpc) is 3.17. The number of hydrogen-bond donors (Lipinski definition) is 2. The zero-order chi connectivity index (χ0) is 40.3. The van der Waals surface area contributed by atoms with Gasteiger partial charge in [-0.3, -0.25) is 18.6 Å². The van der Waals surface area contributed by atoms with Crippen molar-refractivity contribution in [3.63, 3.8) is 0 Å².